The fourth-order valence-corrected chi connectivity index (χ4v) is 3.76. The normalized spacial score (nSPS) is 16.6. The molecule has 1 N–H and O–H groups in total. The van der Waals surface area contributed by atoms with E-state index in [1.807, 2.05) is 17.5 Å². The molecule has 2 nitrogen and oxygen atoms in total. The number of nitrogens with zero attached hydrogens (tertiary/aromatic N) is 1. The molecule has 0 unspecified atom stereocenters. The van der Waals surface area contributed by atoms with Crippen LogP contribution in [0.3, 0.4) is 0 Å². The van der Waals surface area contributed by atoms with E-state index < -0.39 is 17.6 Å². The molecule has 1 aromatic carbocycles. The van der Waals surface area contributed by atoms with Crippen LogP contribution in [0.15, 0.2) is 35.7 Å². The van der Waals surface area contributed by atoms with Crippen LogP contribution in [0.1, 0.15) is 22.0 Å². The molecule has 0 radical (unpaired) electrons. The number of rotatable bonds is 3. The van der Waals surface area contributed by atoms with E-state index >= 15 is 0 Å². The summed E-state index contributed by atoms with van der Waals surface area (Å²) in [6.07, 6.45) is -4.67. The first kappa shape index (κ1) is 22.2. The first-order valence-electron chi connectivity index (χ1n) is 7.31. The van der Waals surface area contributed by atoms with Gasteiger partial charge >= 0.3 is 6.18 Å². The molecule has 140 valence electrons. The van der Waals surface area contributed by atoms with E-state index in [2.05, 4.69) is 10.2 Å². The molecule has 9 heteroatoms. The predicted octanol–water partition coefficient (Wildman–Crippen LogP) is 4.74. The Morgan fingerprint density at radius 2 is 1.76 bits per heavy atom. The first-order chi connectivity index (χ1) is 11.0. The molecule has 1 aromatic heterocycles. The Bertz CT molecular complexity index is 659. The third-order valence-electron chi connectivity index (χ3n) is 3.94. The van der Waals surface area contributed by atoms with Gasteiger partial charge in [0.05, 0.1) is 11.6 Å². The van der Waals surface area contributed by atoms with E-state index in [4.69, 9.17) is 0 Å². The van der Waals surface area contributed by atoms with Crippen molar-refractivity contribution in [2.24, 2.45) is 0 Å². The Hall–Kier alpha value is -0.860. The van der Waals surface area contributed by atoms with Crippen molar-refractivity contribution >= 4 is 36.2 Å². The van der Waals surface area contributed by atoms with E-state index in [1.165, 1.54) is 17.4 Å². The lowest BCUT2D eigenvalue weighted by molar-refractivity contribution is -0.140. The van der Waals surface area contributed by atoms with Gasteiger partial charge in [0.15, 0.2) is 0 Å². The molecular weight excluding hydrogens is 399 g/mol. The second-order valence-electron chi connectivity index (χ2n) is 5.44. The average molecular weight is 417 g/mol. The lowest BCUT2D eigenvalue weighted by Gasteiger charge is -2.35. The standard InChI is InChI=1S/C16H16F4N2S.2ClH/c17-13-10-11(3-4-12(13)16(18,19)20)15(14-2-1-9-23-14)22-7-5-21-6-8-22;;/h1-4,9-10,15,21H,5-8H2;2*1H/t15-;;/m1../s1. The predicted molar refractivity (Wildman–Crippen MR) is 96.5 cm³/mol. The summed E-state index contributed by atoms with van der Waals surface area (Å²) in [5.41, 5.74) is -0.661. The highest BCUT2D eigenvalue weighted by molar-refractivity contribution is 7.10. The summed E-state index contributed by atoms with van der Waals surface area (Å²) in [7, 11) is 0. The van der Waals surface area contributed by atoms with Crippen LogP contribution >= 0.6 is 36.2 Å². The summed E-state index contributed by atoms with van der Waals surface area (Å²) >= 11 is 1.53. The van der Waals surface area contributed by atoms with Gasteiger partial charge in [-0.2, -0.15) is 13.2 Å². The topological polar surface area (TPSA) is 15.3 Å². The van der Waals surface area contributed by atoms with Crippen LogP contribution in [-0.4, -0.2) is 31.1 Å². The minimum absolute atomic E-state index is 0. The number of alkyl halides is 3. The summed E-state index contributed by atoms with van der Waals surface area (Å²) < 4.78 is 52.2. The Labute approximate surface area is 160 Å². The molecule has 3 rings (SSSR count). The molecule has 1 aliphatic heterocycles. The van der Waals surface area contributed by atoms with Crippen LogP contribution < -0.4 is 5.32 Å². The molecule has 0 aliphatic carbocycles. The summed E-state index contributed by atoms with van der Waals surface area (Å²) in [6, 6.07) is 6.87. The van der Waals surface area contributed by atoms with Crippen molar-refractivity contribution in [3.05, 3.63) is 57.5 Å². The van der Waals surface area contributed by atoms with Gasteiger partial charge in [0.1, 0.15) is 5.82 Å². The fourth-order valence-electron chi connectivity index (χ4n) is 2.87. The van der Waals surface area contributed by atoms with Crippen molar-refractivity contribution in [1.29, 1.82) is 0 Å². The van der Waals surface area contributed by atoms with Gasteiger partial charge in [-0.15, -0.1) is 36.2 Å². The number of thiophene rings is 1. The maximum Gasteiger partial charge on any atom is 0.419 e. The molecule has 0 amide bonds. The second-order valence-corrected chi connectivity index (χ2v) is 6.42. The zero-order valence-electron chi connectivity index (χ0n) is 13.1. The number of halogens is 6. The van der Waals surface area contributed by atoms with Gasteiger partial charge in [-0.25, -0.2) is 4.39 Å². The molecule has 25 heavy (non-hydrogen) atoms. The molecule has 2 aromatic rings. The van der Waals surface area contributed by atoms with E-state index in [0.717, 1.165) is 43.2 Å². The highest BCUT2D eigenvalue weighted by Gasteiger charge is 2.35. The molecular formula is C16H18Cl2F4N2S. The lowest BCUT2D eigenvalue weighted by Crippen LogP contribution is -2.45. The van der Waals surface area contributed by atoms with Gasteiger partial charge in [0, 0.05) is 31.1 Å². The van der Waals surface area contributed by atoms with E-state index in [-0.39, 0.29) is 30.9 Å². The van der Waals surface area contributed by atoms with Gasteiger partial charge in [-0.1, -0.05) is 12.1 Å². The number of nitrogens with one attached hydrogen (secondary N) is 1. The third kappa shape index (κ3) is 5.08. The first-order valence-corrected chi connectivity index (χ1v) is 8.19. The fraction of sp³-hybridized carbons (Fsp3) is 0.375. The lowest BCUT2D eigenvalue weighted by atomic mass is 10.0. The van der Waals surface area contributed by atoms with E-state index in [1.54, 1.807) is 0 Å². The summed E-state index contributed by atoms with van der Waals surface area (Å²) in [6.45, 7) is 3.16. The molecule has 0 spiro atoms. The van der Waals surface area contributed by atoms with Crippen LogP contribution in [-0.2, 0) is 6.18 Å². The Morgan fingerprint density at radius 1 is 1.08 bits per heavy atom. The molecule has 2 heterocycles. The smallest absolute Gasteiger partial charge is 0.314 e. The SMILES string of the molecule is Cl.Cl.Fc1cc([C@H](c2cccs2)N2CCNCC2)ccc1C(F)(F)F. The van der Waals surface area contributed by atoms with E-state index in [9.17, 15) is 17.6 Å². The zero-order valence-corrected chi connectivity index (χ0v) is 15.5. The summed E-state index contributed by atoms with van der Waals surface area (Å²) in [5, 5.41) is 5.17. The number of hydrogen-bond acceptors (Lipinski definition) is 3. The number of piperazine rings is 1. The van der Waals surface area contributed by atoms with Crippen LogP contribution in [0.4, 0.5) is 17.6 Å². The molecule has 0 saturated carbocycles. The molecule has 1 aliphatic rings. The van der Waals surface area contributed by atoms with Gasteiger partial charge in [0.2, 0.25) is 0 Å². The number of benzene rings is 1. The minimum atomic E-state index is -4.67. The minimum Gasteiger partial charge on any atom is -0.314 e. The summed E-state index contributed by atoms with van der Waals surface area (Å²) in [5.74, 6) is -1.22. The summed E-state index contributed by atoms with van der Waals surface area (Å²) in [4.78, 5) is 3.18. The maximum atomic E-state index is 14.0. The van der Waals surface area contributed by atoms with Crippen molar-refractivity contribution in [1.82, 2.24) is 10.2 Å². The zero-order chi connectivity index (χ0) is 16.4. The Morgan fingerprint density at radius 3 is 2.28 bits per heavy atom. The van der Waals surface area contributed by atoms with Crippen molar-refractivity contribution in [2.75, 3.05) is 26.2 Å². The Kier molecular flexibility index (Phi) is 8.15. The van der Waals surface area contributed by atoms with Crippen LogP contribution in [0.2, 0.25) is 0 Å². The Balaban J connectivity index is 0.00000156. The highest BCUT2D eigenvalue weighted by Crippen LogP contribution is 2.36. The molecule has 0 bridgehead atoms. The van der Waals surface area contributed by atoms with Crippen molar-refractivity contribution < 1.29 is 17.6 Å². The van der Waals surface area contributed by atoms with Gasteiger partial charge < -0.3 is 5.32 Å². The number of hydrogen-bond donors (Lipinski definition) is 1. The van der Waals surface area contributed by atoms with Crippen LogP contribution in [0.25, 0.3) is 0 Å². The molecule has 1 fully saturated rings. The molecule has 1 atom stereocenters. The maximum absolute atomic E-state index is 14.0. The van der Waals surface area contributed by atoms with E-state index in [0.29, 0.717) is 5.56 Å². The quantitative estimate of drug-likeness (QED) is 0.726. The van der Waals surface area contributed by atoms with Gasteiger partial charge in [0.25, 0.3) is 0 Å². The largest absolute Gasteiger partial charge is 0.419 e. The van der Waals surface area contributed by atoms with Crippen LogP contribution in [0.5, 0.6) is 0 Å². The monoisotopic (exact) mass is 416 g/mol. The van der Waals surface area contributed by atoms with Gasteiger partial charge in [-0.05, 0) is 29.1 Å². The molecule has 1 saturated heterocycles. The highest BCUT2D eigenvalue weighted by atomic mass is 35.5. The van der Waals surface area contributed by atoms with Gasteiger partial charge in [-0.3, -0.25) is 4.90 Å². The van der Waals surface area contributed by atoms with Crippen LogP contribution in [0, 0.1) is 5.82 Å². The van der Waals surface area contributed by atoms with Crippen molar-refractivity contribution in [2.45, 2.75) is 12.2 Å². The van der Waals surface area contributed by atoms with Crippen molar-refractivity contribution in [3.63, 3.8) is 0 Å². The average Bonchev–Trinajstić information content (AvgIpc) is 3.01. The van der Waals surface area contributed by atoms with Crippen molar-refractivity contribution in [3.8, 4) is 0 Å². The second kappa shape index (κ2) is 9.19. The third-order valence-corrected chi connectivity index (χ3v) is 4.87.